The molecule has 1 aliphatic carbocycles. The van der Waals surface area contributed by atoms with Gasteiger partial charge in [0.15, 0.2) is 0 Å². The van der Waals surface area contributed by atoms with Gasteiger partial charge in [-0.25, -0.2) is 4.79 Å². The molecule has 1 atom stereocenters. The van der Waals surface area contributed by atoms with Crippen LogP contribution in [0.4, 0.5) is 10.5 Å². The van der Waals surface area contributed by atoms with Gasteiger partial charge in [-0.2, -0.15) is 5.26 Å². The summed E-state index contributed by atoms with van der Waals surface area (Å²) >= 11 is 0. The van der Waals surface area contributed by atoms with Crippen molar-refractivity contribution in [3.63, 3.8) is 0 Å². The number of anilines is 1. The number of nitriles is 1. The molecule has 0 radical (unpaired) electrons. The summed E-state index contributed by atoms with van der Waals surface area (Å²) in [6, 6.07) is 7.71. The van der Waals surface area contributed by atoms with Crippen LogP contribution in [-0.4, -0.2) is 24.0 Å². The molecule has 6 nitrogen and oxygen atoms in total. The number of nitrogens with zero attached hydrogens (tertiary/aromatic N) is 1. The van der Waals surface area contributed by atoms with Crippen LogP contribution in [0.5, 0.6) is 0 Å². The largest absolute Gasteiger partial charge is 0.352 e. The van der Waals surface area contributed by atoms with Gasteiger partial charge in [0.2, 0.25) is 5.91 Å². The third kappa shape index (κ3) is 4.48. The molecule has 0 unspecified atom stereocenters. The predicted molar refractivity (Wildman–Crippen MR) is 83.2 cm³/mol. The average molecular weight is 300 g/mol. The van der Waals surface area contributed by atoms with E-state index in [9.17, 15) is 9.59 Å². The zero-order valence-electron chi connectivity index (χ0n) is 12.6. The molecule has 1 aliphatic rings. The molecule has 1 saturated carbocycles. The van der Waals surface area contributed by atoms with E-state index in [4.69, 9.17) is 5.26 Å². The first kappa shape index (κ1) is 15.8. The van der Waals surface area contributed by atoms with E-state index in [1.165, 1.54) is 0 Å². The van der Waals surface area contributed by atoms with Gasteiger partial charge < -0.3 is 16.0 Å². The molecule has 0 saturated heterocycles. The SMILES string of the molecule is C[C@H](NC(=O)Nc1ccc(C#N)cc1)C(=O)NC1CCCC1. The van der Waals surface area contributed by atoms with Crippen molar-refractivity contribution in [2.45, 2.75) is 44.7 Å². The fraction of sp³-hybridized carbons (Fsp3) is 0.438. The van der Waals surface area contributed by atoms with Crippen LogP contribution in [0.2, 0.25) is 0 Å². The number of carbonyl (C=O) groups excluding carboxylic acids is 2. The maximum absolute atomic E-state index is 12.0. The van der Waals surface area contributed by atoms with Crippen LogP contribution < -0.4 is 16.0 Å². The fourth-order valence-electron chi connectivity index (χ4n) is 2.45. The van der Waals surface area contributed by atoms with Gasteiger partial charge in [-0.3, -0.25) is 4.79 Å². The van der Waals surface area contributed by atoms with Crippen molar-refractivity contribution in [1.82, 2.24) is 10.6 Å². The lowest BCUT2D eigenvalue weighted by molar-refractivity contribution is -0.123. The van der Waals surface area contributed by atoms with Crippen LogP contribution in [0.1, 0.15) is 38.2 Å². The molecule has 0 spiro atoms. The molecule has 0 aliphatic heterocycles. The van der Waals surface area contributed by atoms with Crippen molar-refractivity contribution < 1.29 is 9.59 Å². The van der Waals surface area contributed by atoms with Crippen LogP contribution in [0, 0.1) is 11.3 Å². The van der Waals surface area contributed by atoms with Gasteiger partial charge in [-0.1, -0.05) is 12.8 Å². The Hall–Kier alpha value is -2.55. The highest BCUT2D eigenvalue weighted by Crippen LogP contribution is 2.17. The minimum Gasteiger partial charge on any atom is -0.352 e. The molecule has 2 rings (SSSR count). The second-order valence-electron chi connectivity index (χ2n) is 5.50. The Labute approximate surface area is 129 Å². The number of benzene rings is 1. The molecule has 0 bridgehead atoms. The van der Waals surface area contributed by atoms with Crippen LogP contribution in [0.15, 0.2) is 24.3 Å². The van der Waals surface area contributed by atoms with Crippen molar-refractivity contribution >= 4 is 17.6 Å². The quantitative estimate of drug-likeness (QED) is 0.795. The minimum absolute atomic E-state index is 0.165. The Bertz CT molecular complexity index is 571. The first-order valence-corrected chi connectivity index (χ1v) is 7.46. The third-order valence-electron chi connectivity index (χ3n) is 3.71. The second-order valence-corrected chi connectivity index (χ2v) is 5.50. The van der Waals surface area contributed by atoms with Gasteiger partial charge in [0.1, 0.15) is 6.04 Å². The number of hydrogen-bond acceptors (Lipinski definition) is 3. The summed E-state index contributed by atoms with van der Waals surface area (Å²) < 4.78 is 0. The highest BCUT2D eigenvalue weighted by molar-refractivity contribution is 5.93. The van der Waals surface area contributed by atoms with E-state index < -0.39 is 12.1 Å². The minimum atomic E-state index is -0.598. The van der Waals surface area contributed by atoms with Crippen molar-refractivity contribution in [3.8, 4) is 6.07 Å². The maximum Gasteiger partial charge on any atom is 0.319 e. The van der Waals surface area contributed by atoms with E-state index in [1.807, 2.05) is 6.07 Å². The Morgan fingerprint density at radius 1 is 1.23 bits per heavy atom. The molecule has 3 amide bonds. The second kappa shape index (κ2) is 7.46. The molecule has 22 heavy (non-hydrogen) atoms. The number of urea groups is 1. The number of hydrogen-bond donors (Lipinski definition) is 3. The summed E-state index contributed by atoms with van der Waals surface area (Å²) in [7, 11) is 0. The van der Waals surface area contributed by atoms with Crippen molar-refractivity contribution in [2.75, 3.05) is 5.32 Å². The van der Waals surface area contributed by atoms with Gasteiger partial charge >= 0.3 is 6.03 Å². The molecule has 1 fully saturated rings. The first-order chi connectivity index (χ1) is 10.6. The van der Waals surface area contributed by atoms with Gasteiger partial charge in [0, 0.05) is 11.7 Å². The number of carbonyl (C=O) groups is 2. The third-order valence-corrected chi connectivity index (χ3v) is 3.71. The molecule has 0 aromatic heterocycles. The summed E-state index contributed by atoms with van der Waals surface area (Å²) in [4.78, 5) is 23.8. The number of nitrogens with one attached hydrogen (secondary N) is 3. The summed E-state index contributed by atoms with van der Waals surface area (Å²) in [6.45, 7) is 1.66. The van der Waals surface area contributed by atoms with Crippen molar-refractivity contribution in [3.05, 3.63) is 29.8 Å². The zero-order chi connectivity index (χ0) is 15.9. The summed E-state index contributed by atoms with van der Waals surface area (Å²) in [5.41, 5.74) is 1.09. The van der Waals surface area contributed by atoms with Crippen molar-refractivity contribution in [2.24, 2.45) is 0 Å². The Kier molecular flexibility index (Phi) is 5.37. The smallest absolute Gasteiger partial charge is 0.319 e. The van der Waals surface area contributed by atoms with Gasteiger partial charge in [-0.15, -0.1) is 0 Å². The highest BCUT2D eigenvalue weighted by atomic mass is 16.2. The van der Waals surface area contributed by atoms with Crippen LogP contribution in [-0.2, 0) is 4.79 Å². The summed E-state index contributed by atoms with van der Waals surface area (Å²) in [5, 5.41) is 16.9. The van der Waals surface area contributed by atoms with E-state index in [1.54, 1.807) is 31.2 Å². The highest BCUT2D eigenvalue weighted by Gasteiger charge is 2.21. The van der Waals surface area contributed by atoms with Gasteiger partial charge in [-0.05, 0) is 44.0 Å². The Morgan fingerprint density at radius 2 is 1.86 bits per heavy atom. The lowest BCUT2D eigenvalue weighted by atomic mass is 10.2. The predicted octanol–water partition coefficient (Wildman–Crippen LogP) is 2.13. The molecule has 116 valence electrons. The molecular formula is C16H20N4O2. The van der Waals surface area contributed by atoms with E-state index in [-0.39, 0.29) is 11.9 Å². The number of rotatable bonds is 4. The molecule has 3 N–H and O–H groups in total. The number of amides is 3. The molecule has 1 aromatic rings. The van der Waals surface area contributed by atoms with E-state index in [2.05, 4.69) is 16.0 Å². The zero-order valence-corrected chi connectivity index (χ0v) is 12.6. The lowest BCUT2D eigenvalue weighted by Gasteiger charge is -2.18. The van der Waals surface area contributed by atoms with E-state index in [0.717, 1.165) is 25.7 Å². The first-order valence-electron chi connectivity index (χ1n) is 7.46. The summed E-state index contributed by atoms with van der Waals surface area (Å²) in [5.74, 6) is -0.165. The van der Waals surface area contributed by atoms with Gasteiger partial charge in [0.25, 0.3) is 0 Å². The van der Waals surface area contributed by atoms with Crippen LogP contribution in [0.3, 0.4) is 0 Å². The van der Waals surface area contributed by atoms with E-state index in [0.29, 0.717) is 11.3 Å². The Morgan fingerprint density at radius 3 is 2.45 bits per heavy atom. The van der Waals surface area contributed by atoms with E-state index >= 15 is 0 Å². The van der Waals surface area contributed by atoms with Crippen LogP contribution in [0.25, 0.3) is 0 Å². The normalized spacial score (nSPS) is 15.6. The fourth-order valence-corrected chi connectivity index (χ4v) is 2.45. The monoisotopic (exact) mass is 300 g/mol. The molecule has 0 heterocycles. The molecule has 6 heteroatoms. The molecular weight excluding hydrogens is 280 g/mol. The Balaban J connectivity index is 1.79. The maximum atomic E-state index is 12.0. The topological polar surface area (TPSA) is 94.0 Å². The van der Waals surface area contributed by atoms with Crippen molar-refractivity contribution in [1.29, 1.82) is 5.26 Å². The standard InChI is InChI=1S/C16H20N4O2/c1-11(15(21)19-13-4-2-3-5-13)18-16(22)20-14-8-6-12(10-17)7-9-14/h6-9,11,13H,2-5H2,1H3,(H,19,21)(H2,18,20,22)/t11-/m0/s1. The molecule has 1 aromatic carbocycles. The lowest BCUT2D eigenvalue weighted by Crippen LogP contribution is -2.48. The van der Waals surface area contributed by atoms with Crippen LogP contribution >= 0.6 is 0 Å². The average Bonchev–Trinajstić information content (AvgIpc) is 3.00. The summed E-state index contributed by atoms with van der Waals surface area (Å²) in [6.07, 6.45) is 4.31. The van der Waals surface area contributed by atoms with Gasteiger partial charge in [0.05, 0.1) is 11.6 Å².